The second-order valence-electron chi connectivity index (χ2n) is 2.88. The molecule has 1 aromatic heterocycles. The van der Waals surface area contributed by atoms with Gasteiger partial charge in [0.05, 0.1) is 12.8 Å². The van der Waals surface area contributed by atoms with Gasteiger partial charge in [-0.1, -0.05) is 46.1 Å². The molecule has 0 saturated carbocycles. The zero-order chi connectivity index (χ0) is 13.2. The lowest BCUT2D eigenvalue weighted by atomic mass is 10.4. The van der Waals surface area contributed by atoms with E-state index in [9.17, 15) is 9.59 Å². The van der Waals surface area contributed by atoms with E-state index in [1.165, 1.54) is 7.11 Å². The van der Waals surface area contributed by atoms with Crippen molar-refractivity contribution < 1.29 is 14.3 Å². The number of nitrogens with zero attached hydrogens (tertiary/aromatic N) is 1. The summed E-state index contributed by atoms with van der Waals surface area (Å²) in [5, 5.41) is 2.45. The molecule has 0 saturated heterocycles. The Morgan fingerprint density at radius 3 is 2.47 bits per heavy atom. The number of alkyl halides is 3. The highest BCUT2D eigenvalue weighted by atomic mass is 35.6. The van der Waals surface area contributed by atoms with Gasteiger partial charge in [0.25, 0.3) is 9.70 Å². The van der Waals surface area contributed by atoms with Gasteiger partial charge in [-0.3, -0.25) is 10.1 Å². The van der Waals surface area contributed by atoms with E-state index in [0.717, 1.165) is 11.3 Å². The van der Waals surface area contributed by atoms with E-state index >= 15 is 0 Å². The maximum absolute atomic E-state index is 11.3. The fourth-order valence-corrected chi connectivity index (χ4v) is 1.92. The number of hydrogen-bond acceptors (Lipinski definition) is 5. The Hall–Kier alpha value is -0.560. The molecule has 1 rings (SSSR count). The predicted molar refractivity (Wildman–Crippen MR) is 67.1 cm³/mol. The number of rotatable bonds is 2. The van der Waals surface area contributed by atoms with Crippen LogP contribution in [0.5, 0.6) is 0 Å². The van der Waals surface area contributed by atoms with Crippen LogP contribution in [0.1, 0.15) is 15.4 Å². The van der Waals surface area contributed by atoms with Gasteiger partial charge in [-0.25, -0.2) is 9.78 Å². The Morgan fingerprint density at radius 1 is 1.41 bits per heavy atom. The number of aromatic nitrogens is 1. The van der Waals surface area contributed by atoms with E-state index in [2.05, 4.69) is 15.0 Å². The molecular formula is C8H7Cl3N2O3S. The highest BCUT2D eigenvalue weighted by Crippen LogP contribution is 2.29. The number of hydrogen-bond donors (Lipinski definition) is 1. The molecular weight excluding hydrogens is 311 g/mol. The number of esters is 1. The first-order chi connectivity index (χ1) is 7.75. The molecule has 0 aromatic carbocycles. The summed E-state index contributed by atoms with van der Waals surface area (Å²) in [5.41, 5.74) is 0.432. The number of ether oxygens (including phenoxy) is 1. The largest absolute Gasteiger partial charge is 0.465 e. The van der Waals surface area contributed by atoms with Gasteiger partial charge < -0.3 is 4.74 Å². The molecule has 1 N–H and O–H groups in total. The van der Waals surface area contributed by atoms with Gasteiger partial charge in [0, 0.05) is 0 Å². The Balaban J connectivity index is 2.88. The van der Waals surface area contributed by atoms with E-state index < -0.39 is 15.7 Å². The number of anilines is 1. The summed E-state index contributed by atoms with van der Waals surface area (Å²) in [6.45, 7) is 1.60. The summed E-state index contributed by atoms with van der Waals surface area (Å²) in [4.78, 5) is 26.9. The molecule has 9 heteroatoms. The maximum atomic E-state index is 11.3. The molecule has 0 radical (unpaired) electrons. The molecule has 1 heterocycles. The number of amides is 1. The molecule has 1 amide bonds. The normalized spacial score (nSPS) is 11.1. The Labute approximate surface area is 116 Å². The van der Waals surface area contributed by atoms with E-state index in [0.29, 0.717) is 5.69 Å². The molecule has 0 spiro atoms. The van der Waals surface area contributed by atoms with Crippen LogP contribution in [0.25, 0.3) is 0 Å². The van der Waals surface area contributed by atoms with Crippen molar-refractivity contribution in [3.05, 3.63) is 10.6 Å². The number of methoxy groups -OCH3 is 1. The molecule has 0 unspecified atom stereocenters. The van der Waals surface area contributed by atoms with Crippen molar-refractivity contribution in [3.63, 3.8) is 0 Å². The molecule has 17 heavy (non-hydrogen) atoms. The number of thiazole rings is 1. The Bertz CT molecular complexity index is 455. The summed E-state index contributed by atoms with van der Waals surface area (Å²) < 4.78 is 2.46. The van der Waals surface area contributed by atoms with E-state index in [1.807, 2.05) is 0 Å². The van der Waals surface area contributed by atoms with Crippen LogP contribution in [0, 0.1) is 6.92 Å². The number of halogens is 3. The fourth-order valence-electron chi connectivity index (χ4n) is 0.900. The van der Waals surface area contributed by atoms with Crippen molar-refractivity contribution in [2.75, 3.05) is 12.4 Å². The molecule has 1 aromatic rings. The van der Waals surface area contributed by atoms with Crippen molar-refractivity contribution in [2.24, 2.45) is 0 Å². The van der Waals surface area contributed by atoms with Crippen LogP contribution in [0.3, 0.4) is 0 Å². The summed E-state index contributed by atoms with van der Waals surface area (Å²) in [5.74, 6) is -1.37. The number of carbonyl (C=O) groups excluding carboxylic acids is 2. The van der Waals surface area contributed by atoms with Crippen molar-refractivity contribution in [2.45, 2.75) is 10.7 Å². The van der Waals surface area contributed by atoms with Crippen LogP contribution in [0.15, 0.2) is 0 Å². The van der Waals surface area contributed by atoms with Crippen LogP contribution in [-0.2, 0) is 9.53 Å². The minimum atomic E-state index is -2.08. The van der Waals surface area contributed by atoms with E-state index in [4.69, 9.17) is 34.8 Å². The number of nitrogens with one attached hydrogen (secondary N) is 1. The van der Waals surface area contributed by atoms with Crippen LogP contribution >= 0.6 is 46.1 Å². The summed E-state index contributed by atoms with van der Waals surface area (Å²) in [6.07, 6.45) is 0. The quantitative estimate of drug-likeness (QED) is 0.672. The summed E-state index contributed by atoms with van der Waals surface area (Å²) >= 11 is 17.1. The number of aryl methyl sites for hydroxylation is 1. The lowest BCUT2D eigenvalue weighted by molar-refractivity contribution is -0.115. The lowest BCUT2D eigenvalue weighted by Gasteiger charge is -2.08. The van der Waals surface area contributed by atoms with Gasteiger partial charge in [0.15, 0.2) is 5.13 Å². The van der Waals surface area contributed by atoms with Crippen LogP contribution in [0.2, 0.25) is 0 Å². The molecule has 0 aliphatic carbocycles. The fraction of sp³-hybridized carbons (Fsp3) is 0.375. The van der Waals surface area contributed by atoms with Crippen LogP contribution in [-0.4, -0.2) is 27.8 Å². The first kappa shape index (κ1) is 14.5. The van der Waals surface area contributed by atoms with Crippen molar-refractivity contribution in [1.29, 1.82) is 0 Å². The van der Waals surface area contributed by atoms with Crippen molar-refractivity contribution in [3.8, 4) is 0 Å². The molecule has 0 fully saturated rings. The zero-order valence-corrected chi connectivity index (χ0v) is 11.8. The minimum Gasteiger partial charge on any atom is -0.465 e. The van der Waals surface area contributed by atoms with E-state index in [-0.39, 0.29) is 10.0 Å². The summed E-state index contributed by atoms with van der Waals surface area (Å²) in [6, 6.07) is 0. The average Bonchev–Trinajstić information content (AvgIpc) is 2.57. The second-order valence-corrected chi connectivity index (χ2v) is 6.16. The molecule has 0 aliphatic heterocycles. The highest BCUT2D eigenvalue weighted by Gasteiger charge is 2.31. The summed E-state index contributed by atoms with van der Waals surface area (Å²) in [7, 11) is 1.25. The molecule has 0 atom stereocenters. The molecule has 0 bridgehead atoms. The zero-order valence-electron chi connectivity index (χ0n) is 8.71. The average molecular weight is 318 g/mol. The topological polar surface area (TPSA) is 68.3 Å². The smallest absolute Gasteiger partial charge is 0.350 e. The Morgan fingerprint density at radius 2 is 2.00 bits per heavy atom. The van der Waals surface area contributed by atoms with Gasteiger partial charge in [-0.2, -0.15) is 0 Å². The van der Waals surface area contributed by atoms with Gasteiger partial charge in [0.2, 0.25) is 0 Å². The third kappa shape index (κ3) is 3.70. The van der Waals surface area contributed by atoms with Crippen LogP contribution in [0.4, 0.5) is 5.13 Å². The van der Waals surface area contributed by atoms with Gasteiger partial charge >= 0.3 is 5.97 Å². The van der Waals surface area contributed by atoms with E-state index in [1.54, 1.807) is 6.92 Å². The first-order valence-corrected chi connectivity index (χ1v) is 6.14. The monoisotopic (exact) mass is 316 g/mol. The predicted octanol–water partition coefficient (Wildman–Crippen LogP) is 2.55. The van der Waals surface area contributed by atoms with Gasteiger partial charge in [-0.05, 0) is 6.92 Å². The molecule has 94 valence electrons. The maximum Gasteiger partial charge on any atom is 0.350 e. The first-order valence-electron chi connectivity index (χ1n) is 4.19. The Kier molecular flexibility index (Phi) is 4.60. The highest BCUT2D eigenvalue weighted by molar-refractivity contribution is 7.17. The van der Waals surface area contributed by atoms with Crippen molar-refractivity contribution in [1.82, 2.24) is 4.98 Å². The standard InChI is InChI=1S/C8H7Cl3N2O3S/c1-3-4(5(14)16-2)17-7(12-3)13-6(15)8(9,10)11/h1-2H3,(H,12,13,15). The minimum absolute atomic E-state index is 0.166. The lowest BCUT2D eigenvalue weighted by Crippen LogP contribution is -2.26. The third-order valence-corrected chi connectivity index (χ3v) is 3.21. The van der Waals surface area contributed by atoms with Gasteiger partial charge in [0.1, 0.15) is 4.88 Å². The number of carbonyl (C=O) groups is 2. The van der Waals surface area contributed by atoms with Crippen LogP contribution < -0.4 is 5.32 Å². The van der Waals surface area contributed by atoms with Gasteiger partial charge in [-0.15, -0.1) is 0 Å². The molecule has 0 aliphatic rings. The molecule has 5 nitrogen and oxygen atoms in total. The second kappa shape index (κ2) is 5.39. The van der Waals surface area contributed by atoms with Crippen molar-refractivity contribution >= 4 is 63.1 Å². The SMILES string of the molecule is COC(=O)c1sc(NC(=O)C(Cl)(Cl)Cl)nc1C. The third-order valence-electron chi connectivity index (χ3n) is 1.65.